The van der Waals surface area contributed by atoms with Gasteiger partial charge in [-0.05, 0) is 12.3 Å². The summed E-state index contributed by atoms with van der Waals surface area (Å²) in [7, 11) is 0. The molecule has 0 aliphatic heterocycles. The summed E-state index contributed by atoms with van der Waals surface area (Å²) in [6.07, 6.45) is 2.56. The van der Waals surface area contributed by atoms with Crippen LogP contribution >= 0.6 is 0 Å². The van der Waals surface area contributed by atoms with Crippen molar-refractivity contribution in [3.05, 3.63) is 24.1 Å². The number of nitrogens with one attached hydrogen (secondary N) is 3. The summed E-state index contributed by atoms with van der Waals surface area (Å²) in [5, 5.41) is 15.7. The standard InChI is InChI=1S/C11H13N5O2/c1-6-4-7(6)8-5-10(15-14-8)13-11(17)12-9-2-3-18-16-9/h2-3,5-7H,4H2,1H3,(H3,12,13,14,15,16,17). The third kappa shape index (κ3) is 2.20. The van der Waals surface area contributed by atoms with E-state index in [2.05, 4.69) is 37.4 Å². The number of aromatic nitrogens is 3. The minimum Gasteiger partial charge on any atom is -0.363 e. The quantitative estimate of drug-likeness (QED) is 0.774. The van der Waals surface area contributed by atoms with E-state index in [4.69, 9.17) is 0 Å². The summed E-state index contributed by atoms with van der Waals surface area (Å²) in [6, 6.07) is 3.02. The van der Waals surface area contributed by atoms with Crippen LogP contribution in [-0.4, -0.2) is 21.4 Å². The number of urea groups is 1. The van der Waals surface area contributed by atoms with Crippen LogP contribution in [0.4, 0.5) is 16.4 Å². The van der Waals surface area contributed by atoms with E-state index in [-0.39, 0.29) is 0 Å². The molecular weight excluding hydrogens is 234 g/mol. The molecule has 1 aliphatic carbocycles. The van der Waals surface area contributed by atoms with E-state index in [9.17, 15) is 4.79 Å². The summed E-state index contributed by atoms with van der Waals surface area (Å²) in [5.41, 5.74) is 1.07. The lowest BCUT2D eigenvalue weighted by Crippen LogP contribution is -2.19. The average molecular weight is 247 g/mol. The van der Waals surface area contributed by atoms with E-state index in [1.54, 1.807) is 6.07 Å². The summed E-state index contributed by atoms with van der Waals surface area (Å²) in [5.74, 6) is 2.11. The number of carbonyl (C=O) groups excluding carboxylic acids is 1. The lowest BCUT2D eigenvalue weighted by molar-refractivity contribution is 0.262. The second-order valence-electron chi connectivity index (χ2n) is 4.49. The van der Waals surface area contributed by atoms with E-state index >= 15 is 0 Å². The van der Waals surface area contributed by atoms with Crippen molar-refractivity contribution in [1.82, 2.24) is 15.4 Å². The monoisotopic (exact) mass is 247 g/mol. The predicted molar refractivity (Wildman–Crippen MR) is 64.3 cm³/mol. The minimum atomic E-state index is -0.397. The van der Waals surface area contributed by atoms with Gasteiger partial charge < -0.3 is 4.52 Å². The van der Waals surface area contributed by atoms with Gasteiger partial charge in [0.25, 0.3) is 0 Å². The first kappa shape index (κ1) is 10.8. The fourth-order valence-corrected chi connectivity index (χ4v) is 1.89. The fraction of sp³-hybridized carbons (Fsp3) is 0.364. The number of carbonyl (C=O) groups is 1. The Labute approximate surface area is 103 Å². The molecule has 3 N–H and O–H groups in total. The molecule has 7 nitrogen and oxygen atoms in total. The Morgan fingerprint density at radius 3 is 2.94 bits per heavy atom. The molecule has 94 valence electrons. The molecule has 3 rings (SSSR count). The third-order valence-electron chi connectivity index (χ3n) is 3.03. The highest BCUT2D eigenvalue weighted by Crippen LogP contribution is 2.46. The second-order valence-corrected chi connectivity index (χ2v) is 4.49. The van der Waals surface area contributed by atoms with Crippen LogP contribution in [0, 0.1) is 5.92 Å². The SMILES string of the molecule is CC1CC1c1cc(NC(=O)Nc2ccon2)n[nH]1. The fourth-order valence-electron chi connectivity index (χ4n) is 1.89. The summed E-state index contributed by atoms with van der Waals surface area (Å²) >= 11 is 0. The Morgan fingerprint density at radius 1 is 1.50 bits per heavy atom. The molecule has 18 heavy (non-hydrogen) atoms. The van der Waals surface area contributed by atoms with Crippen LogP contribution in [0.5, 0.6) is 0 Å². The molecule has 2 unspecified atom stereocenters. The van der Waals surface area contributed by atoms with Crippen molar-refractivity contribution in [2.75, 3.05) is 10.6 Å². The van der Waals surface area contributed by atoms with Crippen LogP contribution in [0.1, 0.15) is 25.0 Å². The molecule has 0 saturated heterocycles. The Balaban J connectivity index is 1.59. The highest BCUT2D eigenvalue weighted by atomic mass is 16.5. The van der Waals surface area contributed by atoms with E-state index in [1.807, 2.05) is 6.07 Å². The zero-order valence-corrected chi connectivity index (χ0v) is 9.80. The third-order valence-corrected chi connectivity index (χ3v) is 3.03. The number of amides is 2. The molecule has 2 atom stereocenters. The van der Waals surface area contributed by atoms with E-state index < -0.39 is 6.03 Å². The number of aromatic amines is 1. The molecule has 7 heteroatoms. The number of anilines is 2. The smallest absolute Gasteiger partial charge is 0.326 e. The first-order valence-corrected chi connectivity index (χ1v) is 5.76. The van der Waals surface area contributed by atoms with E-state index in [0.29, 0.717) is 23.5 Å². The molecule has 2 aromatic rings. The molecule has 0 spiro atoms. The minimum absolute atomic E-state index is 0.360. The number of hydrogen-bond donors (Lipinski definition) is 3. The maximum Gasteiger partial charge on any atom is 0.326 e. The van der Waals surface area contributed by atoms with Gasteiger partial charge in [-0.1, -0.05) is 12.1 Å². The van der Waals surface area contributed by atoms with Crippen LogP contribution in [0.2, 0.25) is 0 Å². The predicted octanol–water partition coefficient (Wildman–Crippen LogP) is 2.17. The van der Waals surface area contributed by atoms with Gasteiger partial charge in [-0.25, -0.2) is 4.79 Å². The first-order valence-electron chi connectivity index (χ1n) is 5.76. The van der Waals surface area contributed by atoms with Gasteiger partial charge in [0.05, 0.1) is 0 Å². The normalized spacial score (nSPS) is 21.6. The Bertz CT molecular complexity index is 548. The van der Waals surface area contributed by atoms with Crippen molar-refractivity contribution in [3.8, 4) is 0 Å². The maximum absolute atomic E-state index is 11.6. The van der Waals surface area contributed by atoms with Crippen molar-refractivity contribution in [2.45, 2.75) is 19.3 Å². The Kier molecular flexibility index (Phi) is 2.51. The van der Waals surface area contributed by atoms with E-state index in [1.165, 1.54) is 12.7 Å². The zero-order valence-electron chi connectivity index (χ0n) is 9.80. The summed E-state index contributed by atoms with van der Waals surface area (Å²) in [4.78, 5) is 11.6. The molecular formula is C11H13N5O2. The molecule has 2 aromatic heterocycles. The van der Waals surface area contributed by atoms with Gasteiger partial charge in [0.15, 0.2) is 11.6 Å². The summed E-state index contributed by atoms with van der Waals surface area (Å²) in [6.45, 7) is 2.19. The Morgan fingerprint density at radius 2 is 2.28 bits per heavy atom. The van der Waals surface area contributed by atoms with Crippen LogP contribution in [0.3, 0.4) is 0 Å². The molecule has 1 fully saturated rings. The number of rotatable bonds is 3. The molecule has 2 amide bonds. The molecule has 1 aliphatic rings. The van der Waals surface area contributed by atoms with Crippen molar-refractivity contribution in [3.63, 3.8) is 0 Å². The Hall–Kier alpha value is -2.31. The van der Waals surface area contributed by atoms with Crippen LogP contribution in [0.25, 0.3) is 0 Å². The molecule has 0 aromatic carbocycles. The number of hydrogen-bond acceptors (Lipinski definition) is 4. The molecule has 0 bridgehead atoms. The topological polar surface area (TPSA) is 95.8 Å². The van der Waals surface area contributed by atoms with Gasteiger partial charge in [0.2, 0.25) is 0 Å². The van der Waals surface area contributed by atoms with Gasteiger partial charge in [-0.2, -0.15) is 5.10 Å². The van der Waals surface area contributed by atoms with Gasteiger partial charge in [0.1, 0.15) is 6.26 Å². The molecule has 0 radical (unpaired) electrons. The van der Waals surface area contributed by atoms with Gasteiger partial charge in [0, 0.05) is 23.7 Å². The lowest BCUT2D eigenvalue weighted by atomic mass is 10.2. The van der Waals surface area contributed by atoms with Gasteiger partial charge >= 0.3 is 6.03 Å². The van der Waals surface area contributed by atoms with Crippen molar-refractivity contribution < 1.29 is 9.32 Å². The van der Waals surface area contributed by atoms with Crippen LogP contribution in [-0.2, 0) is 0 Å². The largest absolute Gasteiger partial charge is 0.363 e. The van der Waals surface area contributed by atoms with Gasteiger partial charge in [-0.15, -0.1) is 0 Å². The molecule has 2 heterocycles. The lowest BCUT2D eigenvalue weighted by Gasteiger charge is -2.00. The molecule has 1 saturated carbocycles. The van der Waals surface area contributed by atoms with Crippen molar-refractivity contribution in [1.29, 1.82) is 0 Å². The second kappa shape index (κ2) is 4.17. The average Bonchev–Trinajstić information content (AvgIpc) is 2.78. The number of nitrogens with zero attached hydrogens (tertiary/aromatic N) is 2. The highest BCUT2D eigenvalue weighted by molar-refractivity contribution is 5.98. The first-order chi connectivity index (χ1) is 8.72. The highest BCUT2D eigenvalue weighted by Gasteiger charge is 2.35. The van der Waals surface area contributed by atoms with E-state index in [0.717, 1.165) is 5.69 Å². The van der Waals surface area contributed by atoms with Crippen molar-refractivity contribution >= 4 is 17.7 Å². The zero-order chi connectivity index (χ0) is 12.5. The summed E-state index contributed by atoms with van der Waals surface area (Å²) < 4.78 is 4.61. The van der Waals surface area contributed by atoms with Crippen molar-refractivity contribution in [2.24, 2.45) is 5.92 Å². The maximum atomic E-state index is 11.6. The van der Waals surface area contributed by atoms with Gasteiger partial charge in [-0.3, -0.25) is 15.7 Å². The van der Waals surface area contributed by atoms with Crippen LogP contribution < -0.4 is 10.6 Å². The van der Waals surface area contributed by atoms with Crippen LogP contribution in [0.15, 0.2) is 22.9 Å². The number of H-pyrrole nitrogens is 1.